The summed E-state index contributed by atoms with van der Waals surface area (Å²) in [5, 5.41) is 22.0. The van der Waals surface area contributed by atoms with E-state index in [1.807, 2.05) is 0 Å². The van der Waals surface area contributed by atoms with Gasteiger partial charge in [0.1, 0.15) is 11.4 Å². The molecule has 0 spiro atoms. The summed E-state index contributed by atoms with van der Waals surface area (Å²) >= 11 is 0. The van der Waals surface area contributed by atoms with Gasteiger partial charge in [-0.1, -0.05) is 0 Å². The molecule has 1 aromatic heterocycles. The quantitative estimate of drug-likeness (QED) is 0.718. The predicted octanol–water partition coefficient (Wildman–Crippen LogP) is -0.440. The number of hydrogen-bond acceptors (Lipinski definition) is 4. The van der Waals surface area contributed by atoms with Crippen LogP contribution in [0.5, 0.6) is 0 Å². The second kappa shape index (κ2) is 5.12. The SMILES string of the molecule is C#CC1CC(=O)N(c2c(C(=O)O)cnn2CCO)C1. The number of rotatable bonds is 4. The summed E-state index contributed by atoms with van der Waals surface area (Å²) in [7, 11) is 0. The maximum atomic E-state index is 11.9. The highest BCUT2D eigenvalue weighted by molar-refractivity contribution is 6.02. The van der Waals surface area contributed by atoms with Crippen molar-refractivity contribution < 1.29 is 19.8 Å². The molecule has 2 N–H and O–H groups in total. The van der Waals surface area contributed by atoms with Crippen LogP contribution in [0.1, 0.15) is 16.8 Å². The minimum atomic E-state index is -1.17. The molecule has 1 amide bonds. The van der Waals surface area contributed by atoms with Gasteiger partial charge in [0.25, 0.3) is 0 Å². The molecule has 100 valence electrons. The van der Waals surface area contributed by atoms with E-state index in [1.54, 1.807) is 0 Å². The van der Waals surface area contributed by atoms with Crippen molar-refractivity contribution in [2.75, 3.05) is 18.1 Å². The van der Waals surface area contributed by atoms with Crippen molar-refractivity contribution in [3.05, 3.63) is 11.8 Å². The van der Waals surface area contributed by atoms with E-state index in [-0.39, 0.29) is 49.3 Å². The molecule has 19 heavy (non-hydrogen) atoms. The number of amides is 1. The Morgan fingerprint density at radius 3 is 2.89 bits per heavy atom. The molecule has 7 heteroatoms. The fourth-order valence-electron chi connectivity index (χ4n) is 2.10. The fraction of sp³-hybridized carbons (Fsp3) is 0.417. The first-order chi connectivity index (χ1) is 9.08. The zero-order valence-electron chi connectivity index (χ0n) is 10.1. The molecule has 0 aromatic carbocycles. The van der Waals surface area contributed by atoms with E-state index in [4.69, 9.17) is 16.6 Å². The Hall–Kier alpha value is -2.33. The van der Waals surface area contributed by atoms with Crippen molar-refractivity contribution in [3.8, 4) is 12.3 Å². The van der Waals surface area contributed by atoms with Crippen molar-refractivity contribution in [2.45, 2.75) is 13.0 Å². The number of aromatic nitrogens is 2. The zero-order valence-corrected chi connectivity index (χ0v) is 10.1. The number of nitrogens with zero attached hydrogens (tertiary/aromatic N) is 3. The summed E-state index contributed by atoms with van der Waals surface area (Å²) < 4.78 is 1.31. The molecule has 1 aliphatic rings. The van der Waals surface area contributed by atoms with E-state index in [2.05, 4.69) is 11.0 Å². The van der Waals surface area contributed by atoms with Gasteiger partial charge in [-0.05, 0) is 0 Å². The molecule has 1 aromatic rings. The van der Waals surface area contributed by atoms with Gasteiger partial charge >= 0.3 is 5.97 Å². The minimum Gasteiger partial charge on any atom is -0.477 e. The topological polar surface area (TPSA) is 95.7 Å². The summed E-state index contributed by atoms with van der Waals surface area (Å²) in [6.07, 6.45) is 6.66. The number of hydrogen-bond donors (Lipinski definition) is 2. The van der Waals surface area contributed by atoms with Crippen molar-refractivity contribution in [3.63, 3.8) is 0 Å². The van der Waals surface area contributed by atoms with Crippen LogP contribution < -0.4 is 4.90 Å². The number of carboxylic acids is 1. The standard InChI is InChI=1S/C12H13N3O4/c1-2-8-5-10(17)14(7-8)11-9(12(18)19)6-13-15(11)3-4-16/h1,6,8,16H,3-5,7H2,(H,18,19). The van der Waals surface area contributed by atoms with E-state index in [0.29, 0.717) is 0 Å². The maximum Gasteiger partial charge on any atom is 0.341 e. The molecule has 0 radical (unpaired) electrons. The number of anilines is 1. The average molecular weight is 263 g/mol. The van der Waals surface area contributed by atoms with Crippen LogP contribution in [0.3, 0.4) is 0 Å². The molecule has 1 fully saturated rings. The highest BCUT2D eigenvalue weighted by Gasteiger charge is 2.34. The molecule has 2 heterocycles. The van der Waals surface area contributed by atoms with Crippen LogP contribution in [0.2, 0.25) is 0 Å². The lowest BCUT2D eigenvalue weighted by atomic mass is 10.1. The molecule has 0 bridgehead atoms. The smallest absolute Gasteiger partial charge is 0.341 e. The molecule has 7 nitrogen and oxygen atoms in total. The highest BCUT2D eigenvalue weighted by atomic mass is 16.4. The molecule has 1 aliphatic heterocycles. The van der Waals surface area contributed by atoms with Crippen molar-refractivity contribution in [1.82, 2.24) is 9.78 Å². The summed E-state index contributed by atoms with van der Waals surface area (Å²) in [6, 6.07) is 0. The fourth-order valence-corrected chi connectivity index (χ4v) is 2.10. The molecule has 0 aliphatic carbocycles. The normalized spacial score (nSPS) is 18.6. The van der Waals surface area contributed by atoms with E-state index in [1.165, 1.54) is 15.8 Å². The van der Waals surface area contributed by atoms with Gasteiger partial charge in [-0.15, -0.1) is 12.3 Å². The van der Waals surface area contributed by atoms with Gasteiger partial charge < -0.3 is 10.2 Å². The van der Waals surface area contributed by atoms with Crippen LogP contribution in [0, 0.1) is 18.3 Å². The van der Waals surface area contributed by atoms with Crippen molar-refractivity contribution >= 4 is 17.7 Å². The van der Waals surface area contributed by atoms with E-state index < -0.39 is 5.97 Å². The van der Waals surface area contributed by atoms with Crippen LogP contribution in [0.4, 0.5) is 5.82 Å². The van der Waals surface area contributed by atoms with Gasteiger partial charge in [-0.3, -0.25) is 9.69 Å². The summed E-state index contributed by atoms with van der Waals surface area (Å²) in [5.74, 6) is 1.05. The molecular weight excluding hydrogens is 250 g/mol. The Balaban J connectivity index is 2.42. The highest BCUT2D eigenvalue weighted by Crippen LogP contribution is 2.28. The van der Waals surface area contributed by atoms with Gasteiger partial charge in [0, 0.05) is 18.9 Å². The summed E-state index contributed by atoms with van der Waals surface area (Å²) in [6.45, 7) is 0.189. The Morgan fingerprint density at radius 1 is 1.63 bits per heavy atom. The third-order valence-corrected chi connectivity index (χ3v) is 2.97. The lowest BCUT2D eigenvalue weighted by molar-refractivity contribution is -0.117. The minimum absolute atomic E-state index is 0.0699. The summed E-state index contributed by atoms with van der Waals surface area (Å²) in [5.41, 5.74) is -0.0699. The predicted molar refractivity (Wildman–Crippen MR) is 65.6 cm³/mol. The van der Waals surface area contributed by atoms with Gasteiger partial charge in [0.2, 0.25) is 5.91 Å². The Bertz CT molecular complexity index is 558. The molecular formula is C12H13N3O4. The van der Waals surface area contributed by atoms with Gasteiger partial charge in [0.05, 0.1) is 19.3 Å². The number of carboxylic acid groups (broad SMARTS) is 1. The number of carbonyl (C=O) groups excluding carboxylic acids is 1. The molecule has 1 unspecified atom stereocenters. The number of carbonyl (C=O) groups is 2. The lowest BCUT2D eigenvalue weighted by Gasteiger charge is -2.18. The zero-order chi connectivity index (χ0) is 14.0. The first-order valence-electron chi connectivity index (χ1n) is 5.75. The molecule has 2 rings (SSSR count). The molecule has 1 atom stereocenters. The monoisotopic (exact) mass is 263 g/mol. The molecule has 1 saturated heterocycles. The lowest BCUT2D eigenvalue weighted by Crippen LogP contribution is -2.29. The Labute approximate surface area is 109 Å². The molecule has 0 saturated carbocycles. The third kappa shape index (κ3) is 2.30. The maximum absolute atomic E-state index is 11.9. The van der Waals surface area contributed by atoms with Crippen LogP contribution >= 0.6 is 0 Å². The van der Waals surface area contributed by atoms with Crippen LogP contribution in [0.15, 0.2) is 6.20 Å². The first kappa shape index (κ1) is 13.1. The second-order valence-corrected chi connectivity index (χ2v) is 4.21. The first-order valence-corrected chi connectivity index (χ1v) is 5.75. The number of terminal acetylenes is 1. The Morgan fingerprint density at radius 2 is 2.37 bits per heavy atom. The number of aromatic carboxylic acids is 1. The Kier molecular flexibility index (Phi) is 3.53. The summed E-state index contributed by atoms with van der Waals surface area (Å²) in [4.78, 5) is 24.4. The van der Waals surface area contributed by atoms with Crippen LogP contribution in [-0.2, 0) is 11.3 Å². The van der Waals surface area contributed by atoms with Crippen molar-refractivity contribution in [1.29, 1.82) is 0 Å². The number of aliphatic hydroxyl groups is 1. The van der Waals surface area contributed by atoms with E-state index in [9.17, 15) is 9.59 Å². The third-order valence-electron chi connectivity index (χ3n) is 2.97. The van der Waals surface area contributed by atoms with Crippen LogP contribution in [-0.4, -0.2) is 45.0 Å². The van der Waals surface area contributed by atoms with E-state index >= 15 is 0 Å². The van der Waals surface area contributed by atoms with E-state index in [0.717, 1.165) is 0 Å². The van der Waals surface area contributed by atoms with Crippen molar-refractivity contribution in [2.24, 2.45) is 5.92 Å². The largest absolute Gasteiger partial charge is 0.477 e. The van der Waals surface area contributed by atoms with Gasteiger partial charge in [-0.25, -0.2) is 9.48 Å². The van der Waals surface area contributed by atoms with Gasteiger partial charge in [-0.2, -0.15) is 5.10 Å². The van der Waals surface area contributed by atoms with Crippen LogP contribution in [0.25, 0.3) is 0 Å². The number of aliphatic hydroxyl groups excluding tert-OH is 1. The average Bonchev–Trinajstić information content (AvgIpc) is 2.93. The second-order valence-electron chi connectivity index (χ2n) is 4.21. The van der Waals surface area contributed by atoms with Gasteiger partial charge in [0.15, 0.2) is 0 Å².